The normalized spacial score (nSPS) is 15.4. The van der Waals surface area contributed by atoms with E-state index in [9.17, 15) is 13.6 Å². The summed E-state index contributed by atoms with van der Waals surface area (Å²) < 4.78 is 27.5. The van der Waals surface area contributed by atoms with Gasteiger partial charge in [-0.15, -0.1) is 24.2 Å². The van der Waals surface area contributed by atoms with Crippen LogP contribution in [0.5, 0.6) is 0 Å². The third-order valence-corrected chi connectivity index (χ3v) is 5.17. The van der Waals surface area contributed by atoms with Crippen LogP contribution in [-0.2, 0) is 4.79 Å². The van der Waals surface area contributed by atoms with Gasteiger partial charge in [0.25, 0.3) is 0 Å². The van der Waals surface area contributed by atoms with Crippen molar-refractivity contribution in [3.05, 3.63) is 65.7 Å². The highest BCUT2D eigenvalue weighted by molar-refractivity contribution is 8.00. The van der Waals surface area contributed by atoms with Crippen molar-refractivity contribution in [3.63, 3.8) is 0 Å². The Bertz CT molecular complexity index is 711. The van der Waals surface area contributed by atoms with Crippen LogP contribution in [-0.4, -0.2) is 37.0 Å². The van der Waals surface area contributed by atoms with Crippen molar-refractivity contribution in [2.75, 3.05) is 26.2 Å². The summed E-state index contributed by atoms with van der Waals surface area (Å²) in [4.78, 5) is 14.9. The maximum atomic E-state index is 14.0. The van der Waals surface area contributed by atoms with Gasteiger partial charge in [0.05, 0.1) is 0 Å². The van der Waals surface area contributed by atoms with E-state index < -0.39 is 16.9 Å². The Labute approximate surface area is 156 Å². The summed E-state index contributed by atoms with van der Waals surface area (Å²) in [5, 5.41) is 2.61. The summed E-state index contributed by atoms with van der Waals surface area (Å²) in [6.45, 7) is 2.72. The quantitative estimate of drug-likeness (QED) is 0.817. The number of benzene rings is 2. The first-order valence-corrected chi connectivity index (χ1v) is 8.69. The van der Waals surface area contributed by atoms with Gasteiger partial charge in [0, 0.05) is 31.1 Å². The molecule has 0 aliphatic carbocycles. The van der Waals surface area contributed by atoms with Crippen LogP contribution in [0.4, 0.5) is 8.78 Å². The minimum absolute atomic E-state index is 0. The van der Waals surface area contributed by atoms with Gasteiger partial charge in [-0.2, -0.15) is 0 Å². The number of amides is 1. The fraction of sp³-hybridized carbons (Fsp3) is 0.278. The van der Waals surface area contributed by atoms with Crippen molar-refractivity contribution in [3.8, 4) is 0 Å². The Morgan fingerprint density at radius 3 is 2.44 bits per heavy atom. The second-order valence-electron chi connectivity index (χ2n) is 5.56. The fourth-order valence-electron chi connectivity index (χ4n) is 2.63. The molecule has 1 aliphatic rings. The van der Waals surface area contributed by atoms with E-state index in [2.05, 4.69) is 5.32 Å². The van der Waals surface area contributed by atoms with Crippen LogP contribution in [0.15, 0.2) is 53.4 Å². The third-order valence-electron chi connectivity index (χ3n) is 3.89. The highest BCUT2D eigenvalue weighted by Gasteiger charge is 2.28. The number of hydrogen-bond acceptors (Lipinski definition) is 3. The lowest BCUT2D eigenvalue weighted by Gasteiger charge is -2.31. The smallest absolute Gasteiger partial charge is 0.240 e. The number of piperazine rings is 1. The van der Waals surface area contributed by atoms with Crippen LogP contribution in [0.25, 0.3) is 0 Å². The molecule has 1 unspecified atom stereocenters. The number of hydrogen-bond donors (Lipinski definition) is 1. The number of thioether (sulfide) groups is 1. The minimum atomic E-state index is -0.597. The summed E-state index contributed by atoms with van der Waals surface area (Å²) in [7, 11) is 0. The van der Waals surface area contributed by atoms with Crippen molar-refractivity contribution in [2.24, 2.45) is 0 Å². The number of nitrogens with one attached hydrogen (secondary N) is 1. The molecule has 0 aromatic heterocycles. The molecule has 2 aromatic rings. The standard InChI is InChI=1S/C18H18F2N2OS.ClH/c19-14-6-7-15(20)16(12-14)24-17(13-4-2-1-3-5-13)18(23)22-10-8-21-9-11-22;/h1-7,12,17,21H,8-11H2;1H. The molecule has 1 saturated heterocycles. The molecule has 1 heterocycles. The van der Waals surface area contributed by atoms with E-state index in [-0.39, 0.29) is 23.2 Å². The lowest BCUT2D eigenvalue weighted by Crippen LogP contribution is -2.47. The van der Waals surface area contributed by atoms with E-state index in [0.29, 0.717) is 13.1 Å². The molecule has 2 aromatic carbocycles. The van der Waals surface area contributed by atoms with Crippen molar-refractivity contribution in [1.29, 1.82) is 0 Å². The van der Waals surface area contributed by atoms with Gasteiger partial charge < -0.3 is 10.2 Å². The minimum Gasteiger partial charge on any atom is -0.339 e. The van der Waals surface area contributed by atoms with Gasteiger partial charge in [-0.05, 0) is 23.8 Å². The van der Waals surface area contributed by atoms with Gasteiger partial charge in [-0.25, -0.2) is 8.78 Å². The number of carbonyl (C=O) groups is 1. The monoisotopic (exact) mass is 384 g/mol. The SMILES string of the molecule is Cl.O=C(C(Sc1cc(F)ccc1F)c1ccccc1)N1CCNCC1. The Balaban J connectivity index is 0.00000225. The Kier molecular flexibility index (Phi) is 7.23. The van der Waals surface area contributed by atoms with Crippen molar-refractivity contribution >= 4 is 30.1 Å². The first-order valence-electron chi connectivity index (χ1n) is 7.81. The first kappa shape index (κ1) is 19.7. The first-order chi connectivity index (χ1) is 11.6. The van der Waals surface area contributed by atoms with Crippen LogP contribution < -0.4 is 5.32 Å². The van der Waals surface area contributed by atoms with Gasteiger partial charge in [0.15, 0.2) is 0 Å². The number of nitrogens with zero attached hydrogens (tertiary/aromatic N) is 1. The Hall–Kier alpha value is -1.63. The van der Waals surface area contributed by atoms with Gasteiger partial charge in [0.2, 0.25) is 5.91 Å². The van der Waals surface area contributed by atoms with Crippen LogP contribution >= 0.6 is 24.2 Å². The topological polar surface area (TPSA) is 32.3 Å². The van der Waals surface area contributed by atoms with E-state index >= 15 is 0 Å². The molecule has 0 bridgehead atoms. The number of halogens is 3. The molecule has 1 amide bonds. The van der Waals surface area contributed by atoms with Crippen LogP contribution in [0.3, 0.4) is 0 Å². The highest BCUT2D eigenvalue weighted by atomic mass is 35.5. The number of rotatable bonds is 4. The third kappa shape index (κ3) is 4.93. The predicted molar refractivity (Wildman–Crippen MR) is 98.1 cm³/mol. The zero-order chi connectivity index (χ0) is 16.9. The van der Waals surface area contributed by atoms with E-state index in [0.717, 1.165) is 48.6 Å². The van der Waals surface area contributed by atoms with Crippen molar-refractivity contribution < 1.29 is 13.6 Å². The molecule has 134 valence electrons. The maximum Gasteiger partial charge on any atom is 0.240 e. The molecule has 25 heavy (non-hydrogen) atoms. The summed E-state index contributed by atoms with van der Waals surface area (Å²) in [6.07, 6.45) is 0. The molecule has 1 fully saturated rings. The Morgan fingerprint density at radius 1 is 1.08 bits per heavy atom. The van der Waals surface area contributed by atoms with Gasteiger partial charge in [0.1, 0.15) is 16.9 Å². The maximum absolute atomic E-state index is 14.0. The van der Waals surface area contributed by atoms with Crippen LogP contribution in [0.1, 0.15) is 10.8 Å². The molecule has 0 radical (unpaired) electrons. The largest absolute Gasteiger partial charge is 0.339 e. The average Bonchev–Trinajstić information content (AvgIpc) is 2.63. The van der Waals surface area contributed by atoms with E-state index in [1.54, 1.807) is 4.90 Å². The summed E-state index contributed by atoms with van der Waals surface area (Å²) >= 11 is 1.06. The zero-order valence-corrected chi connectivity index (χ0v) is 15.1. The summed E-state index contributed by atoms with van der Waals surface area (Å²) in [6, 6.07) is 12.5. The fourth-order valence-corrected chi connectivity index (χ4v) is 3.79. The summed E-state index contributed by atoms with van der Waals surface area (Å²) in [5.74, 6) is -1.10. The molecule has 1 aliphatic heterocycles. The molecular weight excluding hydrogens is 366 g/mol. The molecular formula is C18H19ClF2N2OS. The lowest BCUT2D eigenvalue weighted by atomic mass is 10.1. The van der Waals surface area contributed by atoms with Crippen LogP contribution in [0.2, 0.25) is 0 Å². The van der Waals surface area contributed by atoms with Crippen molar-refractivity contribution in [1.82, 2.24) is 10.2 Å². The van der Waals surface area contributed by atoms with Gasteiger partial charge >= 0.3 is 0 Å². The molecule has 3 rings (SSSR count). The second kappa shape index (κ2) is 9.17. The molecule has 7 heteroatoms. The zero-order valence-electron chi connectivity index (χ0n) is 13.5. The molecule has 3 nitrogen and oxygen atoms in total. The number of carbonyl (C=O) groups excluding carboxylic acids is 1. The van der Waals surface area contributed by atoms with E-state index in [4.69, 9.17) is 0 Å². The second-order valence-corrected chi connectivity index (χ2v) is 6.71. The molecule has 0 spiro atoms. The van der Waals surface area contributed by atoms with E-state index in [1.165, 1.54) is 0 Å². The Morgan fingerprint density at radius 2 is 1.76 bits per heavy atom. The predicted octanol–water partition coefficient (Wildman–Crippen LogP) is 3.65. The molecule has 1 atom stereocenters. The lowest BCUT2D eigenvalue weighted by molar-refractivity contribution is -0.131. The van der Waals surface area contributed by atoms with Gasteiger partial charge in [-0.3, -0.25) is 4.79 Å². The highest BCUT2D eigenvalue weighted by Crippen LogP contribution is 2.38. The van der Waals surface area contributed by atoms with Gasteiger partial charge in [-0.1, -0.05) is 30.3 Å². The average molecular weight is 385 g/mol. The molecule has 0 saturated carbocycles. The summed E-state index contributed by atoms with van der Waals surface area (Å²) in [5.41, 5.74) is 0.787. The van der Waals surface area contributed by atoms with E-state index in [1.807, 2.05) is 30.3 Å². The molecule has 1 N–H and O–H groups in total. The van der Waals surface area contributed by atoms with Crippen LogP contribution in [0, 0.1) is 11.6 Å². The van der Waals surface area contributed by atoms with Crippen molar-refractivity contribution in [2.45, 2.75) is 10.1 Å².